The predicted molar refractivity (Wildman–Crippen MR) is 49.4 cm³/mol. The van der Waals surface area contributed by atoms with Gasteiger partial charge in [0.05, 0.1) is 0 Å². The summed E-state index contributed by atoms with van der Waals surface area (Å²) < 4.78 is 15.2. The van der Waals surface area contributed by atoms with Gasteiger partial charge in [0, 0.05) is 6.16 Å². The summed E-state index contributed by atoms with van der Waals surface area (Å²) in [7, 11) is -4.77. The molecular formula is C9H9O5P-2. The lowest BCUT2D eigenvalue weighted by Crippen LogP contribution is -2.25. The number of carbonyl (C=O) groups excluding carboxylic acids is 1. The van der Waals surface area contributed by atoms with E-state index >= 15 is 0 Å². The normalized spacial score (nSPS) is 11.1. The molecule has 6 heteroatoms. The Balaban J connectivity index is 2.39. The van der Waals surface area contributed by atoms with Crippen molar-refractivity contribution < 1.29 is 23.9 Å². The third-order valence-corrected chi connectivity index (χ3v) is 2.25. The smallest absolute Gasteiger partial charge is 0.175 e. The minimum absolute atomic E-state index is 0.404. The van der Waals surface area contributed by atoms with Crippen LogP contribution < -0.4 is 14.5 Å². The van der Waals surface area contributed by atoms with Gasteiger partial charge < -0.3 is 19.1 Å². The Kier molecular flexibility index (Phi) is 4.03. The fourth-order valence-corrected chi connectivity index (χ4v) is 1.47. The second-order valence-corrected chi connectivity index (χ2v) is 4.45. The van der Waals surface area contributed by atoms with Crippen LogP contribution in [0.5, 0.6) is 5.75 Å². The minimum atomic E-state index is -4.77. The second-order valence-electron chi connectivity index (χ2n) is 2.91. The summed E-state index contributed by atoms with van der Waals surface area (Å²) in [5.41, 5.74) is 0. The molecule has 0 radical (unpaired) electrons. The molecule has 0 atom stereocenters. The SMILES string of the molecule is O=C(COc1ccccc1)CP(=O)([O-])[O-]. The van der Waals surface area contributed by atoms with Gasteiger partial charge in [0.1, 0.15) is 12.4 Å². The summed E-state index contributed by atoms with van der Waals surface area (Å²) in [6, 6.07) is 8.46. The molecule has 1 rings (SSSR count). The summed E-state index contributed by atoms with van der Waals surface area (Å²) in [5.74, 6) is -0.287. The fraction of sp³-hybridized carbons (Fsp3) is 0.222. The van der Waals surface area contributed by atoms with Crippen molar-refractivity contribution in [1.29, 1.82) is 0 Å². The molecule has 0 fully saturated rings. The van der Waals surface area contributed by atoms with Crippen LogP contribution in [0.15, 0.2) is 30.3 Å². The van der Waals surface area contributed by atoms with E-state index in [9.17, 15) is 19.1 Å². The van der Waals surface area contributed by atoms with Crippen LogP contribution in [0.3, 0.4) is 0 Å². The molecule has 15 heavy (non-hydrogen) atoms. The van der Waals surface area contributed by atoms with Crippen LogP contribution in [0.1, 0.15) is 0 Å². The summed E-state index contributed by atoms with van der Waals surface area (Å²) in [4.78, 5) is 31.4. The monoisotopic (exact) mass is 228 g/mol. The lowest BCUT2D eigenvalue weighted by molar-refractivity contribution is -0.312. The molecule has 0 aliphatic heterocycles. The Hall–Kier alpha value is -1.16. The van der Waals surface area contributed by atoms with E-state index in [4.69, 9.17) is 4.74 Å². The van der Waals surface area contributed by atoms with Gasteiger partial charge in [0.2, 0.25) is 0 Å². The highest BCUT2D eigenvalue weighted by Crippen LogP contribution is 2.22. The van der Waals surface area contributed by atoms with Crippen molar-refractivity contribution in [3.63, 3.8) is 0 Å². The van der Waals surface area contributed by atoms with E-state index in [1.54, 1.807) is 30.3 Å². The van der Waals surface area contributed by atoms with Crippen molar-refractivity contribution in [1.82, 2.24) is 0 Å². The average molecular weight is 228 g/mol. The lowest BCUT2D eigenvalue weighted by Gasteiger charge is -2.28. The van der Waals surface area contributed by atoms with Crippen LogP contribution >= 0.6 is 7.60 Å². The maximum Gasteiger partial charge on any atom is 0.175 e. The van der Waals surface area contributed by atoms with Gasteiger partial charge in [0.15, 0.2) is 5.78 Å². The van der Waals surface area contributed by atoms with Crippen LogP contribution in [0.25, 0.3) is 0 Å². The van der Waals surface area contributed by atoms with Crippen molar-refractivity contribution in [2.45, 2.75) is 0 Å². The van der Waals surface area contributed by atoms with Gasteiger partial charge in [-0.15, -0.1) is 0 Å². The van der Waals surface area contributed by atoms with Gasteiger partial charge in [-0.3, -0.25) is 4.79 Å². The lowest BCUT2D eigenvalue weighted by atomic mass is 10.3. The van der Waals surface area contributed by atoms with Crippen molar-refractivity contribution in [2.75, 3.05) is 12.8 Å². The largest absolute Gasteiger partial charge is 0.810 e. The van der Waals surface area contributed by atoms with Crippen LogP contribution in [0.2, 0.25) is 0 Å². The average Bonchev–Trinajstić information content (AvgIpc) is 2.14. The maximum absolute atomic E-state index is 10.9. The van der Waals surface area contributed by atoms with E-state index in [0.29, 0.717) is 5.75 Å². The highest BCUT2D eigenvalue weighted by molar-refractivity contribution is 7.49. The van der Waals surface area contributed by atoms with Gasteiger partial charge >= 0.3 is 0 Å². The second kappa shape index (κ2) is 5.07. The van der Waals surface area contributed by atoms with Crippen molar-refractivity contribution >= 4 is 13.4 Å². The number of hydrogen-bond acceptors (Lipinski definition) is 5. The Labute approximate surface area is 86.9 Å². The summed E-state index contributed by atoms with van der Waals surface area (Å²) in [6.07, 6.45) is -1.00. The number of para-hydroxylation sites is 1. The number of carbonyl (C=O) groups is 1. The molecule has 0 amide bonds. The first-order chi connectivity index (χ1) is 6.97. The molecule has 0 unspecified atom stereocenters. The molecular weight excluding hydrogens is 219 g/mol. The Morgan fingerprint density at radius 1 is 1.27 bits per heavy atom. The van der Waals surface area contributed by atoms with Gasteiger partial charge in [-0.25, -0.2) is 0 Å². The zero-order valence-corrected chi connectivity index (χ0v) is 8.68. The van der Waals surface area contributed by atoms with Crippen LogP contribution in [0.4, 0.5) is 0 Å². The molecule has 1 aromatic carbocycles. The quantitative estimate of drug-likeness (QED) is 0.636. The Morgan fingerprint density at radius 2 is 1.87 bits per heavy atom. The Morgan fingerprint density at radius 3 is 2.40 bits per heavy atom. The van der Waals surface area contributed by atoms with Crippen molar-refractivity contribution in [3.05, 3.63) is 30.3 Å². The van der Waals surface area contributed by atoms with Crippen molar-refractivity contribution in [3.8, 4) is 5.75 Å². The standard InChI is InChI=1S/C9H11O5P/c10-8(7-15(11,12)13)6-14-9-4-2-1-3-5-9/h1-5H,6-7H2,(H2,11,12,13)/p-2. The third-order valence-electron chi connectivity index (χ3n) is 1.51. The van der Waals surface area contributed by atoms with Gasteiger partial charge in [-0.2, -0.15) is 0 Å². The van der Waals surface area contributed by atoms with E-state index in [2.05, 4.69) is 0 Å². The van der Waals surface area contributed by atoms with E-state index < -0.39 is 26.1 Å². The van der Waals surface area contributed by atoms with Gasteiger partial charge in [-0.1, -0.05) is 25.8 Å². The molecule has 0 spiro atoms. The molecule has 1 aromatic rings. The minimum Gasteiger partial charge on any atom is -0.810 e. The predicted octanol–water partition coefficient (Wildman–Crippen LogP) is -0.452. The maximum atomic E-state index is 10.9. The zero-order valence-electron chi connectivity index (χ0n) is 7.79. The van der Waals surface area contributed by atoms with E-state index in [1.807, 2.05) is 0 Å². The first-order valence-corrected chi connectivity index (χ1v) is 5.91. The summed E-state index contributed by atoms with van der Waals surface area (Å²) in [5, 5.41) is 0. The highest BCUT2D eigenvalue weighted by atomic mass is 31.2. The molecule has 0 N–H and O–H groups in total. The van der Waals surface area contributed by atoms with E-state index in [-0.39, 0.29) is 0 Å². The summed E-state index contributed by atoms with van der Waals surface area (Å²) in [6.45, 7) is -0.404. The van der Waals surface area contributed by atoms with Crippen molar-refractivity contribution in [2.24, 2.45) is 0 Å². The summed E-state index contributed by atoms with van der Waals surface area (Å²) >= 11 is 0. The molecule has 0 aliphatic rings. The first-order valence-electron chi connectivity index (χ1n) is 4.18. The molecule has 0 aromatic heterocycles. The van der Waals surface area contributed by atoms with Gasteiger partial charge in [-0.05, 0) is 12.1 Å². The first kappa shape index (κ1) is 11.9. The number of Topliss-reactive ketones (excluding diaryl/α,β-unsaturated/α-hetero) is 1. The van der Waals surface area contributed by atoms with E-state index in [1.165, 1.54) is 0 Å². The molecule has 82 valence electrons. The zero-order chi connectivity index (χ0) is 11.3. The molecule has 0 bridgehead atoms. The molecule has 0 saturated heterocycles. The highest BCUT2D eigenvalue weighted by Gasteiger charge is 2.05. The van der Waals surface area contributed by atoms with Crippen LogP contribution in [-0.4, -0.2) is 18.6 Å². The molecule has 5 nitrogen and oxygen atoms in total. The topological polar surface area (TPSA) is 89.5 Å². The number of hydrogen-bond donors (Lipinski definition) is 0. The molecule has 0 aliphatic carbocycles. The number of benzene rings is 1. The van der Waals surface area contributed by atoms with Gasteiger partial charge in [0.25, 0.3) is 0 Å². The molecule has 0 saturated carbocycles. The number of ketones is 1. The number of rotatable bonds is 5. The van der Waals surface area contributed by atoms with E-state index in [0.717, 1.165) is 0 Å². The Bertz CT molecular complexity index is 369. The molecule has 0 heterocycles. The van der Waals surface area contributed by atoms with Crippen LogP contribution in [0, 0.1) is 0 Å². The fourth-order valence-electron chi connectivity index (χ4n) is 0.942. The van der Waals surface area contributed by atoms with Crippen LogP contribution in [-0.2, 0) is 9.36 Å². The third kappa shape index (κ3) is 5.32. The number of ether oxygens (including phenoxy) is 1.